The molecule has 4 heteroatoms. The first-order valence-corrected chi connectivity index (χ1v) is 4.39. The summed E-state index contributed by atoms with van der Waals surface area (Å²) in [5.41, 5.74) is 5.46. The van der Waals surface area contributed by atoms with Crippen LogP contribution in [0.15, 0.2) is 0 Å². The number of hydrogen-bond acceptors (Lipinski definition) is 3. The Morgan fingerprint density at radius 2 is 2.50 bits per heavy atom. The number of nitrogens with two attached hydrogens (primary N) is 1. The third kappa shape index (κ3) is 1.32. The van der Waals surface area contributed by atoms with Crippen molar-refractivity contribution in [2.75, 3.05) is 26.3 Å². The third-order valence-corrected chi connectivity index (χ3v) is 2.55. The van der Waals surface area contributed by atoms with Gasteiger partial charge in [-0.15, -0.1) is 0 Å². The number of hydrogen-bond donors (Lipinski definition) is 1. The molecular formula is C8H14N2O2. The van der Waals surface area contributed by atoms with Crippen molar-refractivity contribution in [3.8, 4) is 0 Å². The second-order valence-corrected chi connectivity index (χ2v) is 3.58. The molecule has 0 saturated carbocycles. The van der Waals surface area contributed by atoms with Gasteiger partial charge in [0.15, 0.2) is 0 Å². The van der Waals surface area contributed by atoms with Crippen molar-refractivity contribution in [3.05, 3.63) is 0 Å². The number of ether oxygens (including phenoxy) is 1. The standard InChI is InChI=1S/C8H14N2O2/c9-7-4-10(8(7)11)3-6-1-2-12-5-6/h6-7H,1-5,9H2. The van der Waals surface area contributed by atoms with E-state index in [0.717, 1.165) is 32.7 Å². The molecule has 2 atom stereocenters. The molecule has 0 aliphatic carbocycles. The summed E-state index contributed by atoms with van der Waals surface area (Å²) < 4.78 is 5.22. The van der Waals surface area contributed by atoms with Crippen LogP contribution in [0.1, 0.15) is 6.42 Å². The van der Waals surface area contributed by atoms with E-state index in [1.807, 2.05) is 4.90 Å². The van der Waals surface area contributed by atoms with Crippen LogP contribution in [0, 0.1) is 5.92 Å². The van der Waals surface area contributed by atoms with Gasteiger partial charge in [-0.1, -0.05) is 0 Å². The van der Waals surface area contributed by atoms with Gasteiger partial charge in [-0.3, -0.25) is 4.79 Å². The van der Waals surface area contributed by atoms with E-state index in [1.54, 1.807) is 0 Å². The smallest absolute Gasteiger partial charge is 0.241 e. The molecule has 2 heterocycles. The molecule has 2 aliphatic heterocycles. The van der Waals surface area contributed by atoms with Gasteiger partial charge in [0.1, 0.15) is 6.04 Å². The molecule has 4 nitrogen and oxygen atoms in total. The molecule has 2 N–H and O–H groups in total. The molecule has 1 amide bonds. The van der Waals surface area contributed by atoms with Gasteiger partial charge in [0, 0.05) is 25.6 Å². The summed E-state index contributed by atoms with van der Waals surface area (Å²) in [5, 5.41) is 0. The molecule has 0 bridgehead atoms. The molecule has 0 aromatic heterocycles. The molecule has 2 unspecified atom stereocenters. The maximum absolute atomic E-state index is 11.1. The monoisotopic (exact) mass is 170 g/mol. The molecular weight excluding hydrogens is 156 g/mol. The topological polar surface area (TPSA) is 55.6 Å². The molecule has 0 spiro atoms. The molecule has 2 rings (SSSR count). The number of rotatable bonds is 2. The molecule has 0 aromatic carbocycles. The predicted molar refractivity (Wildman–Crippen MR) is 43.5 cm³/mol. The lowest BCUT2D eigenvalue weighted by atomic mass is 10.0. The van der Waals surface area contributed by atoms with Crippen LogP contribution in [0.5, 0.6) is 0 Å². The van der Waals surface area contributed by atoms with E-state index < -0.39 is 0 Å². The van der Waals surface area contributed by atoms with Crippen LogP contribution >= 0.6 is 0 Å². The fraction of sp³-hybridized carbons (Fsp3) is 0.875. The summed E-state index contributed by atoms with van der Waals surface area (Å²) in [6, 6.07) is -0.229. The summed E-state index contributed by atoms with van der Waals surface area (Å²) in [4.78, 5) is 12.9. The quantitative estimate of drug-likeness (QED) is 0.552. The normalized spacial score (nSPS) is 35.4. The number of β-lactam (4-membered cyclic amide) rings is 1. The van der Waals surface area contributed by atoms with Gasteiger partial charge in [0.25, 0.3) is 0 Å². The van der Waals surface area contributed by atoms with Crippen molar-refractivity contribution in [2.45, 2.75) is 12.5 Å². The molecule has 2 fully saturated rings. The zero-order valence-corrected chi connectivity index (χ0v) is 7.03. The summed E-state index contributed by atoms with van der Waals surface area (Å²) in [7, 11) is 0. The lowest BCUT2D eigenvalue weighted by Gasteiger charge is -2.37. The zero-order valence-electron chi connectivity index (χ0n) is 7.03. The number of carbonyl (C=O) groups excluding carboxylic acids is 1. The highest BCUT2D eigenvalue weighted by atomic mass is 16.5. The Hall–Kier alpha value is -0.610. The Bertz CT molecular complexity index is 189. The maximum Gasteiger partial charge on any atom is 0.241 e. The van der Waals surface area contributed by atoms with Crippen LogP contribution in [0.2, 0.25) is 0 Å². The summed E-state index contributed by atoms with van der Waals surface area (Å²) in [6.45, 7) is 3.22. The lowest BCUT2D eigenvalue weighted by Crippen LogP contribution is -2.61. The molecule has 2 saturated heterocycles. The molecule has 0 radical (unpaired) electrons. The Kier molecular flexibility index (Phi) is 2.02. The van der Waals surface area contributed by atoms with Crippen molar-refractivity contribution in [2.24, 2.45) is 11.7 Å². The van der Waals surface area contributed by atoms with Crippen molar-refractivity contribution in [3.63, 3.8) is 0 Å². The fourth-order valence-electron chi connectivity index (χ4n) is 1.73. The Morgan fingerprint density at radius 3 is 3.00 bits per heavy atom. The van der Waals surface area contributed by atoms with Crippen LogP contribution in [0.4, 0.5) is 0 Å². The first-order chi connectivity index (χ1) is 5.77. The summed E-state index contributed by atoms with van der Waals surface area (Å²) in [6.07, 6.45) is 1.08. The van der Waals surface area contributed by atoms with E-state index >= 15 is 0 Å². The highest BCUT2D eigenvalue weighted by molar-refractivity contribution is 5.87. The number of carbonyl (C=O) groups is 1. The first-order valence-electron chi connectivity index (χ1n) is 4.39. The fourth-order valence-corrected chi connectivity index (χ4v) is 1.73. The number of amides is 1. The van der Waals surface area contributed by atoms with E-state index in [1.165, 1.54) is 0 Å². The number of likely N-dealkylation sites (tertiary alicyclic amines) is 1. The Morgan fingerprint density at radius 1 is 1.67 bits per heavy atom. The average Bonchev–Trinajstić information content (AvgIpc) is 2.56. The van der Waals surface area contributed by atoms with E-state index in [2.05, 4.69) is 0 Å². The van der Waals surface area contributed by atoms with Crippen molar-refractivity contribution in [1.29, 1.82) is 0 Å². The van der Waals surface area contributed by atoms with Gasteiger partial charge in [0.05, 0.1) is 6.61 Å². The third-order valence-electron chi connectivity index (χ3n) is 2.55. The van der Waals surface area contributed by atoms with Crippen LogP contribution in [-0.4, -0.2) is 43.2 Å². The summed E-state index contributed by atoms with van der Waals surface area (Å²) >= 11 is 0. The Labute approximate surface area is 71.7 Å². The first kappa shape index (κ1) is 8.01. The minimum absolute atomic E-state index is 0.0990. The number of nitrogens with zero attached hydrogens (tertiary/aromatic N) is 1. The molecule has 0 aromatic rings. The molecule has 68 valence electrons. The van der Waals surface area contributed by atoms with Gasteiger partial charge >= 0.3 is 0 Å². The molecule has 2 aliphatic rings. The van der Waals surface area contributed by atoms with Crippen LogP contribution in [-0.2, 0) is 9.53 Å². The van der Waals surface area contributed by atoms with Gasteiger partial charge in [-0.05, 0) is 6.42 Å². The van der Waals surface area contributed by atoms with Crippen LogP contribution in [0.3, 0.4) is 0 Å². The summed E-state index contributed by atoms with van der Waals surface area (Å²) in [5.74, 6) is 0.642. The van der Waals surface area contributed by atoms with E-state index in [4.69, 9.17) is 10.5 Å². The van der Waals surface area contributed by atoms with Gasteiger partial charge in [-0.2, -0.15) is 0 Å². The highest BCUT2D eigenvalue weighted by Gasteiger charge is 2.35. The van der Waals surface area contributed by atoms with Crippen molar-refractivity contribution >= 4 is 5.91 Å². The van der Waals surface area contributed by atoms with Crippen molar-refractivity contribution < 1.29 is 9.53 Å². The van der Waals surface area contributed by atoms with Gasteiger partial charge < -0.3 is 15.4 Å². The largest absolute Gasteiger partial charge is 0.381 e. The molecule has 12 heavy (non-hydrogen) atoms. The minimum atomic E-state index is -0.229. The maximum atomic E-state index is 11.1. The van der Waals surface area contributed by atoms with E-state index in [9.17, 15) is 4.79 Å². The zero-order chi connectivity index (χ0) is 8.55. The average molecular weight is 170 g/mol. The highest BCUT2D eigenvalue weighted by Crippen LogP contribution is 2.17. The lowest BCUT2D eigenvalue weighted by molar-refractivity contribution is -0.143. The van der Waals surface area contributed by atoms with Gasteiger partial charge in [0.2, 0.25) is 5.91 Å². The van der Waals surface area contributed by atoms with Crippen LogP contribution in [0.25, 0.3) is 0 Å². The Balaban J connectivity index is 1.77. The van der Waals surface area contributed by atoms with Crippen LogP contribution < -0.4 is 5.73 Å². The predicted octanol–water partition coefficient (Wildman–Crippen LogP) is -0.808. The second-order valence-electron chi connectivity index (χ2n) is 3.58. The van der Waals surface area contributed by atoms with E-state index in [0.29, 0.717) is 5.92 Å². The van der Waals surface area contributed by atoms with E-state index in [-0.39, 0.29) is 11.9 Å². The van der Waals surface area contributed by atoms with Crippen molar-refractivity contribution in [1.82, 2.24) is 4.90 Å². The minimum Gasteiger partial charge on any atom is -0.381 e. The van der Waals surface area contributed by atoms with Gasteiger partial charge in [-0.25, -0.2) is 0 Å². The second kappa shape index (κ2) is 3.03. The SMILES string of the molecule is NC1CN(CC2CCOC2)C1=O.